The minimum absolute atomic E-state index is 0.107. The van der Waals surface area contributed by atoms with Gasteiger partial charge in [0.25, 0.3) is 0 Å². The van der Waals surface area contributed by atoms with Gasteiger partial charge in [-0.05, 0) is 25.7 Å². The van der Waals surface area contributed by atoms with Crippen LogP contribution in [0.3, 0.4) is 0 Å². The molecule has 1 unspecified atom stereocenters. The summed E-state index contributed by atoms with van der Waals surface area (Å²) in [5.41, 5.74) is 0.658. The third-order valence-electron chi connectivity index (χ3n) is 4.30. The van der Waals surface area contributed by atoms with Crippen LogP contribution in [0.5, 0.6) is 0 Å². The van der Waals surface area contributed by atoms with Gasteiger partial charge in [0.1, 0.15) is 12.1 Å². The molecule has 1 aromatic rings. The third kappa shape index (κ3) is 2.11. The fraction of sp³-hybridized carbons (Fsp3) is 0.643. The Bertz CT molecular complexity index is 557. The van der Waals surface area contributed by atoms with Crippen LogP contribution in [-0.2, 0) is 11.3 Å². The lowest BCUT2D eigenvalue weighted by atomic mass is 9.98. The Hall–Kier alpha value is -1.85. The van der Waals surface area contributed by atoms with Crippen LogP contribution in [0, 0.1) is 22.7 Å². The van der Waals surface area contributed by atoms with Gasteiger partial charge in [-0.1, -0.05) is 12.8 Å². The van der Waals surface area contributed by atoms with Crippen molar-refractivity contribution in [3.63, 3.8) is 0 Å². The van der Waals surface area contributed by atoms with Crippen LogP contribution in [-0.4, -0.2) is 21.3 Å². The molecule has 1 aliphatic carbocycles. The van der Waals surface area contributed by atoms with Crippen molar-refractivity contribution in [2.45, 2.75) is 56.8 Å². The molecule has 98 valence electrons. The van der Waals surface area contributed by atoms with Gasteiger partial charge in [0.2, 0.25) is 0 Å². The Morgan fingerprint density at radius 3 is 2.79 bits per heavy atom. The molecule has 1 aromatic heterocycles. The lowest BCUT2D eigenvalue weighted by Crippen LogP contribution is -2.26. The molecule has 1 saturated carbocycles. The number of aromatic nitrogens is 2. The molecule has 1 aliphatic heterocycles. The van der Waals surface area contributed by atoms with E-state index in [-0.39, 0.29) is 17.4 Å². The van der Waals surface area contributed by atoms with E-state index in [0.29, 0.717) is 12.2 Å². The summed E-state index contributed by atoms with van der Waals surface area (Å²) in [6.07, 6.45) is 8.74. The normalized spacial score (nSPS) is 24.4. The maximum Gasteiger partial charge on any atom is 0.176 e. The molecule has 0 bridgehead atoms. The highest BCUT2D eigenvalue weighted by atomic mass is 16.5. The average molecular weight is 256 g/mol. The van der Waals surface area contributed by atoms with Crippen LogP contribution in [0.15, 0.2) is 6.33 Å². The fourth-order valence-electron chi connectivity index (χ4n) is 3.35. The van der Waals surface area contributed by atoms with Gasteiger partial charge in [0.15, 0.2) is 11.4 Å². The third-order valence-corrected chi connectivity index (χ3v) is 4.30. The van der Waals surface area contributed by atoms with Crippen molar-refractivity contribution in [3.05, 3.63) is 17.7 Å². The zero-order chi connectivity index (χ0) is 13.3. The molecule has 0 amide bonds. The van der Waals surface area contributed by atoms with Gasteiger partial charge >= 0.3 is 0 Å². The van der Waals surface area contributed by atoms with Crippen LogP contribution < -0.4 is 0 Å². The number of hydrogen-bond acceptors (Lipinski definition) is 4. The SMILES string of the molecule is N#Cc1ncn(CC2CCC3(CCCC3)O2)c1C#N. The largest absolute Gasteiger partial charge is 0.370 e. The van der Waals surface area contributed by atoms with Crippen LogP contribution in [0.4, 0.5) is 0 Å². The molecule has 5 nitrogen and oxygen atoms in total. The van der Waals surface area contributed by atoms with Crippen LogP contribution in [0.1, 0.15) is 49.9 Å². The summed E-state index contributed by atoms with van der Waals surface area (Å²) in [5, 5.41) is 18.0. The van der Waals surface area contributed by atoms with Crippen LogP contribution in [0.25, 0.3) is 0 Å². The number of ether oxygens (including phenoxy) is 1. The molecule has 1 saturated heterocycles. The molecule has 1 atom stereocenters. The first kappa shape index (κ1) is 12.2. The van der Waals surface area contributed by atoms with Gasteiger partial charge in [-0.25, -0.2) is 4.98 Å². The summed E-state index contributed by atoms with van der Waals surface area (Å²) in [6.45, 7) is 0.624. The maximum absolute atomic E-state index is 9.10. The zero-order valence-corrected chi connectivity index (χ0v) is 10.8. The number of hydrogen-bond donors (Lipinski definition) is 0. The Kier molecular flexibility index (Phi) is 3.00. The van der Waals surface area contributed by atoms with Gasteiger partial charge in [-0.3, -0.25) is 0 Å². The lowest BCUT2D eigenvalue weighted by Gasteiger charge is -2.24. The van der Waals surface area contributed by atoms with Crippen molar-refractivity contribution in [2.24, 2.45) is 0 Å². The van der Waals surface area contributed by atoms with Crippen molar-refractivity contribution in [1.82, 2.24) is 9.55 Å². The molecular weight excluding hydrogens is 240 g/mol. The molecule has 0 radical (unpaired) electrons. The van der Waals surface area contributed by atoms with Crippen molar-refractivity contribution >= 4 is 0 Å². The first-order valence-electron chi connectivity index (χ1n) is 6.79. The Morgan fingerprint density at radius 1 is 1.32 bits per heavy atom. The van der Waals surface area contributed by atoms with Crippen molar-refractivity contribution < 1.29 is 4.74 Å². The van der Waals surface area contributed by atoms with Gasteiger partial charge in [-0.15, -0.1) is 0 Å². The molecule has 1 spiro atoms. The second-order valence-electron chi connectivity index (χ2n) is 5.49. The summed E-state index contributed by atoms with van der Waals surface area (Å²) < 4.78 is 7.96. The second-order valence-corrected chi connectivity index (χ2v) is 5.49. The molecule has 2 aliphatic rings. The predicted octanol–water partition coefficient (Wildman–Crippen LogP) is 2.12. The minimum Gasteiger partial charge on any atom is -0.370 e. The van der Waals surface area contributed by atoms with E-state index in [1.807, 2.05) is 6.07 Å². The topological polar surface area (TPSA) is 74.6 Å². The standard InChI is InChI=1S/C14H16N4O/c15-7-12-13(8-16)18(10-17-12)9-11-3-6-14(19-11)4-1-2-5-14/h10-11H,1-6,9H2. The summed E-state index contributed by atoms with van der Waals surface area (Å²) in [5.74, 6) is 0. The maximum atomic E-state index is 9.10. The Labute approximate surface area is 112 Å². The van der Waals surface area contributed by atoms with Crippen LogP contribution >= 0.6 is 0 Å². The molecule has 5 heteroatoms. The monoisotopic (exact) mass is 256 g/mol. The number of nitrogens with zero attached hydrogens (tertiary/aromatic N) is 4. The van der Waals surface area contributed by atoms with E-state index in [0.717, 1.165) is 12.8 Å². The van der Waals surface area contributed by atoms with E-state index in [1.54, 1.807) is 10.9 Å². The number of nitriles is 2. The van der Waals surface area contributed by atoms with E-state index >= 15 is 0 Å². The smallest absolute Gasteiger partial charge is 0.176 e. The highest BCUT2D eigenvalue weighted by molar-refractivity contribution is 5.36. The van der Waals surface area contributed by atoms with Crippen LogP contribution in [0.2, 0.25) is 0 Å². The van der Waals surface area contributed by atoms with Crippen molar-refractivity contribution in [1.29, 1.82) is 10.5 Å². The molecule has 2 fully saturated rings. The van der Waals surface area contributed by atoms with Gasteiger partial charge in [0, 0.05) is 0 Å². The summed E-state index contributed by atoms with van der Waals surface area (Å²) in [7, 11) is 0. The molecule has 19 heavy (non-hydrogen) atoms. The summed E-state index contributed by atoms with van der Waals surface area (Å²) in [4.78, 5) is 3.96. The van der Waals surface area contributed by atoms with E-state index in [9.17, 15) is 0 Å². The fourth-order valence-corrected chi connectivity index (χ4v) is 3.35. The first-order chi connectivity index (χ1) is 9.26. The lowest BCUT2D eigenvalue weighted by molar-refractivity contribution is -0.0418. The van der Waals surface area contributed by atoms with Crippen molar-refractivity contribution in [2.75, 3.05) is 0 Å². The van der Waals surface area contributed by atoms with E-state index in [2.05, 4.69) is 11.1 Å². The predicted molar refractivity (Wildman–Crippen MR) is 67.0 cm³/mol. The van der Waals surface area contributed by atoms with E-state index < -0.39 is 0 Å². The summed E-state index contributed by atoms with van der Waals surface area (Å²) >= 11 is 0. The molecule has 3 rings (SSSR count). The van der Waals surface area contributed by atoms with Gasteiger partial charge in [-0.2, -0.15) is 10.5 Å². The number of rotatable bonds is 2. The number of imidazole rings is 1. The Morgan fingerprint density at radius 2 is 2.11 bits per heavy atom. The second kappa shape index (κ2) is 4.68. The molecular formula is C14H16N4O. The highest BCUT2D eigenvalue weighted by Gasteiger charge is 2.42. The quantitative estimate of drug-likeness (QED) is 0.812. The first-order valence-corrected chi connectivity index (χ1v) is 6.79. The molecule has 2 heterocycles. The molecule has 0 aromatic carbocycles. The van der Waals surface area contributed by atoms with E-state index in [1.165, 1.54) is 25.7 Å². The average Bonchev–Trinajstić information content (AvgIpc) is 3.12. The minimum atomic E-state index is 0.107. The molecule has 0 N–H and O–H groups in total. The van der Waals surface area contributed by atoms with Gasteiger partial charge in [0.05, 0.1) is 24.6 Å². The zero-order valence-electron chi connectivity index (χ0n) is 10.8. The highest BCUT2D eigenvalue weighted by Crippen LogP contribution is 2.43. The van der Waals surface area contributed by atoms with Gasteiger partial charge < -0.3 is 9.30 Å². The van der Waals surface area contributed by atoms with E-state index in [4.69, 9.17) is 15.3 Å². The summed E-state index contributed by atoms with van der Waals surface area (Å²) in [6, 6.07) is 4.00. The van der Waals surface area contributed by atoms with Crippen molar-refractivity contribution in [3.8, 4) is 12.1 Å². The Balaban J connectivity index is 1.72.